The number of carbonyl (C=O) groups excluding carboxylic acids is 3. The lowest BCUT2D eigenvalue weighted by atomic mass is 9.70. The molecule has 202 valence electrons. The van der Waals surface area contributed by atoms with Crippen molar-refractivity contribution in [2.24, 2.45) is 11.8 Å². The monoisotopic (exact) mass is 521 g/mol. The fourth-order valence-electron chi connectivity index (χ4n) is 6.47. The summed E-state index contributed by atoms with van der Waals surface area (Å²) in [6.45, 7) is 2.15. The zero-order valence-electron chi connectivity index (χ0n) is 21.8. The molecule has 6 atom stereocenters. The van der Waals surface area contributed by atoms with Gasteiger partial charge in [0.2, 0.25) is 17.7 Å². The third-order valence-electron chi connectivity index (χ3n) is 8.11. The lowest BCUT2D eigenvalue weighted by Crippen LogP contribution is -2.56. The van der Waals surface area contributed by atoms with Crippen molar-refractivity contribution in [3.63, 3.8) is 0 Å². The van der Waals surface area contributed by atoms with Crippen LogP contribution in [-0.4, -0.2) is 71.8 Å². The maximum atomic E-state index is 14.2. The molecule has 2 unspecified atom stereocenters. The Hall–Kier alpha value is -3.43. The highest BCUT2D eigenvalue weighted by Crippen LogP contribution is 2.59. The van der Waals surface area contributed by atoms with Crippen molar-refractivity contribution < 1.29 is 29.0 Å². The summed E-state index contributed by atoms with van der Waals surface area (Å²) in [7, 11) is 1.57. The molecule has 2 aromatic carbocycles. The van der Waals surface area contributed by atoms with Gasteiger partial charge in [0, 0.05) is 12.2 Å². The van der Waals surface area contributed by atoms with Crippen LogP contribution in [0, 0.1) is 11.8 Å². The molecule has 38 heavy (non-hydrogen) atoms. The second kappa shape index (κ2) is 10.7. The van der Waals surface area contributed by atoms with Crippen LogP contribution >= 0.6 is 0 Å². The van der Waals surface area contributed by atoms with Gasteiger partial charge < -0.3 is 30.1 Å². The molecule has 0 saturated carbocycles. The third-order valence-corrected chi connectivity index (χ3v) is 8.11. The van der Waals surface area contributed by atoms with Gasteiger partial charge in [0.05, 0.1) is 37.7 Å². The Balaban J connectivity index is 1.51. The number of benzene rings is 2. The number of carbonyl (C=O) groups is 3. The number of methoxy groups -OCH3 is 1. The van der Waals surface area contributed by atoms with Crippen molar-refractivity contribution in [1.82, 2.24) is 10.2 Å². The fraction of sp³-hybridized carbons (Fsp3) is 0.483. The van der Waals surface area contributed by atoms with Crippen molar-refractivity contribution in [1.29, 1.82) is 0 Å². The number of ether oxygens (including phenoxy) is 2. The molecule has 9 nitrogen and oxygen atoms in total. The molecule has 2 bridgehead atoms. The summed E-state index contributed by atoms with van der Waals surface area (Å²) in [4.78, 5) is 42.9. The van der Waals surface area contributed by atoms with Crippen LogP contribution in [0.5, 0.6) is 5.75 Å². The van der Waals surface area contributed by atoms with E-state index in [1.54, 1.807) is 31.4 Å². The summed E-state index contributed by atoms with van der Waals surface area (Å²) >= 11 is 0. The SMILES string of the molecule is CCCNC(=O)[C@@H]1[C@@H]2CCC3(O2)C(C(=O)Nc2ccc(OC)cc2)N([C@@H](CO)Cc2ccccc2)C(=O)[C@H]13. The number of rotatable bonds is 10. The first-order valence-corrected chi connectivity index (χ1v) is 13.3. The van der Waals surface area contributed by atoms with E-state index in [1.165, 1.54) is 4.90 Å². The summed E-state index contributed by atoms with van der Waals surface area (Å²) in [5.41, 5.74) is 0.360. The minimum atomic E-state index is -1.13. The molecule has 0 aromatic heterocycles. The van der Waals surface area contributed by atoms with Gasteiger partial charge in [-0.15, -0.1) is 0 Å². The number of aliphatic hydroxyl groups excluding tert-OH is 1. The van der Waals surface area contributed by atoms with Gasteiger partial charge in [-0.2, -0.15) is 0 Å². The molecular weight excluding hydrogens is 486 g/mol. The number of aliphatic hydroxyl groups is 1. The van der Waals surface area contributed by atoms with Crippen molar-refractivity contribution >= 4 is 23.4 Å². The predicted molar refractivity (Wildman–Crippen MR) is 140 cm³/mol. The van der Waals surface area contributed by atoms with E-state index in [2.05, 4.69) is 10.6 Å². The van der Waals surface area contributed by atoms with Crippen molar-refractivity contribution in [3.8, 4) is 5.75 Å². The van der Waals surface area contributed by atoms with Gasteiger partial charge >= 0.3 is 0 Å². The van der Waals surface area contributed by atoms with Gasteiger partial charge in [-0.1, -0.05) is 37.3 Å². The molecule has 2 aromatic rings. The average Bonchev–Trinajstić information content (AvgIpc) is 3.58. The minimum absolute atomic E-state index is 0.212. The highest BCUT2D eigenvalue weighted by molar-refractivity contribution is 6.03. The molecular formula is C29H35N3O6. The fourth-order valence-corrected chi connectivity index (χ4v) is 6.47. The highest BCUT2D eigenvalue weighted by atomic mass is 16.5. The molecule has 3 fully saturated rings. The van der Waals surface area contributed by atoms with Crippen LogP contribution in [0.2, 0.25) is 0 Å². The summed E-state index contributed by atoms with van der Waals surface area (Å²) < 4.78 is 11.7. The van der Waals surface area contributed by atoms with E-state index >= 15 is 0 Å². The third kappa shape index (κ3) is 4.43. The van der Waals surface area contributed by atoms with E-state index in [4.69, 9.17) is 9.47 Å². The Morgan fingerprint density at radius 2 is 1.89 bits per heavy atom. The average molecular weight is 522 g/mol. The van der Waals surface area contributed by atoms with Gasteiger partial charge in [-0.3, -0.25) is 14.4 Å². The maximum Gasteiger partial charge on any atom is 0.250 e. The first-order valence-electron chi connectivity index (χ1n) is 13.3. The summed E-state index contributed by atoms with van der Waals surface area (Å²) in [6.07, 6.45) is 1.81. The first kappa shape index (κ1) is 26.2. The van der Waals surface area contributed by atoms with E-state index in [1.807, 2.05) is 37.3 Å². The molecule has 0 radical (unpaired) electrons. The van der Waals surface area contributed by atoms with Gasteiger partial charge in [0.15, 0.2) is 0 Å². The quantitative estimate of drug-likeness (QED) is 0.441. The topological polar surface area (TPSA) is 117 Å². The first-order chi connectivity index (χ1) is 18.4. The second-order valence-electron chi connectivity index (χ2n) is 10.3. The van der Waals surface area contributed by atoms with E-state index < -0.39 is 41.5 Å². The number of fused-ring (bicyclic) bond motifs is 1. The number of nitrogens with zero attached hydrogens (tertiary/aromatic N) is 1. The van der Waals surface area contributed by atoms with Gasteiger partial charge in [0.25, 0.3) is 0 Å². The minimum Gasteiger partial charge on any atom is -0.497 e. The van der Waals surface area contributed by atoms with Gasteiger partial charge in [-0.05, 0) is 55.5 Å². The number of hydrogen-bond acceptors (Lipinski definition) is 6. The van der Waals surface area contributed by atoms with E-state index in [-0.39, 0.29) is 18.4 Å². The molecule has 5 rings (SSSR count). The Labute approximate surface area is 222 Å². The summed E-state index contributed by atoms with van der Waals surface area (Å²) in [6, 6.07) is 14.9. The molecule has 1 spiro atoms. The van der Waals surface area contributed by atoms with Crippen LogP contribution in [0.3, 0.4) is 0 Å². The zero-order valence-corrected chi connectivity index (χ0v) is 21.8. The van der Waals surface area contributed by atoms with Crippen LogP contribution in [0.1, 0.15) is 31.7 Å². The highest BCUT2D eigenvalue weighted by Gasteiger charge is 2.75. The largest absolute Gasteiger partial charge is 0.497 e. The molecule has 3 saturated heterocycles. The molecule has 9 heteroatoms. The van der Waals surface area contributed by atoms with Crippen LogP contribution in [-0.2, 0) is 25.5 Å². The standard InChI is InChI=1S/C29H35N3O6/c1-3-15-30-26(34)23-22-13-14-29(38-22)24(23)28(36)32(20(17-33)16-18-7-5-4-6-8-18)25(29)27(35)31-19-9-11-21(37-2)12-10-19/h4-12,20,22-25,33H,3,13-17H2,1-2H3,(H,30,34)(H,31,35)/t20-,22+,23-,24+,25?,29?/m1/s1. The molecule has 3 N–H and O–H groups in total. The number of hydrogen-bond donors (Lipinski definition) is 3. The van der Waals surface area contributed by atoms with E-state index in [0.29, 0.717) is 37.2 Å². The zero-order chi connectivity index (χ0) is 26.9. The maximum absolute atomic E-state index is 14.2. The van der Waals surface area contributed by atoms with Crippen LogP contribution < -0.4 is 15.4 Å². The van der Waals surface area contributed by atoms with E-state index in [9.17, 15) is 19.5 Å². The lowest BCUT2D eigenvalue weighted by Gasteiger charge is -2.36. The molecule has 0 aliphatic carbocycles. The second-order valence-corrected chi connectivity index (χ2v) is 10.3. The normalized spacial score (nSPS) is 28.2. The lowest BCUT2D eigenvalue weighted by molar-refractivity contribution is -0.144. The summed E-state index contributed by atoms with van der Waals surface area (Å²) in [5.74, 6) is -1.71. The van der Waals surface area contributed by atoms with Crippen LogP contribution in [0.25, 0.3) is 0 Å². The Kier molecular flexibility index (Phi) is 7.40. The van der Waals surface area contributed by atoms with Crippen molar-refractivity contribution in [2.45, 2.75) is 56.4 Å². The Morgan fingerprint density at radius 1 is 1.16 bits per heavy atom. The summed E-state index contributed by atoms with van der Waals surface area (Å²) in [5, 5.41) is 16.4. The van der Waals surface area contributed by atoms with Gasteiger partial charge in [-0.25, -0.2) is 0 Å². The van der Waals surface area contributed by atoms with Crippen LogP contribution in [0.4, 0.5) is 5.69 Å². The van der Waals surface area contributed by atoms with Crippen LogP contribution in [0.15, 0.2) is 54.6 Å². The number of anilines is 1. The van der Waals surface area contributed by atoms with Gasteiger partial charge in [0.1, 0.15) is 17.4 Å². The van der Waals surface area contributed by atoms with Crippen molar-refractivity contribution in [3.05, 3.63) is 60.2 Å². The van der Waals surface area contributed by atoms with Crippen molar-refractivity contribution in [2.75, 3.05) is 25.6 Å². The molecule has 3 heterocycles. The smallest absolute Gasteiger partial charge is 0.250 e. The van der Waals surface area contributed by atoms with E-state index in [0.717, 1.165) is 12.0 Å². The number of likely N-dealkylation sites (tertiary alicyclic amines) is 1. The molecule has 3 amide bonds. The Bertz CT molecular complexity index is 1170. The molecule has 3 aliphatic rings. The number of amides is 3. The molecule has 3 aliphatic heterocycles. The number of nitrogens with one attached hydrogen (secondary N) is 2. The predicted octanol–water partition coefficient (Wildman–Crippen LogP) is 2.14. The Morgan fingerprint density at radius 3 is 2.55 bits per heavy atom.